The zero-order chi connectivity index (χ0) is 22.4. The molecule has 0 unspecified atom stereocenters. The van der Waals surface area contributed by atoms with Crippen molar-refractivity contribution >= 4 is 22.8 Å². The van der Waals surface area contributed by atoms with E-state index in [4.69, 9.17) is 10.1 Å². The van der Waals surface area contributed by atoms with Gasteiger partial charge >= 0.3 is 5.69 Å². The number of anilines is 1. The predicted molar refractivity (Wildman–Crippen MR) is 125 cm³/mol. The average Bonchev–Trinajstić information content (AvgIpc) is 3.23. The summed E-state index contributed by atoms with van der Waals surface area (Å²) in [4.78, 5) is 30.5. The molecule has 32 heavy (non-hydrogen) atoms. The molecule has 3 heterocycles. The maximum atomic E-state index is 13.2. The fourth-order valence-electron chi connectivity index (χ4n) is 4.34. The lowest BCUT2D eigenvalue weighted by Gasteiger charge is -2.32. The summed E-state index contributed by atoms with van der Waals surface area (Å²) in [6, 6.07) is 19.8. The van der Waals surface area contributed by atoms with Gasteiger partial charge in [0.2, 0.25) is 5.95 Å². The van der Waals surface area contributed by atoms with Crippen LogP contribution in [0.5, 0.6) is 0 Å². The maximum absolute atomic E-state index is 13.2. The molecule has 8 heteroatoms. The lowest BCUT2D eigenvalue weighted by Crippen LogP contribution is -2.39. The van der Waals surface area contributed by atoms with Crippen LogP contribution in [0.3, 0.4) is 0 Å². The highest BCUT2D eigenvalue weighted by Crippen LogP contribution is 2.34. The Morgan fingerprint density at radius 3 is 2.22 bits per heavy atom. The number of nitrogens with zero attached hydrogens (tertiary/aromatic N) is 6. The quantitative estimate of drug-likeness (QED) is 0.501. The molecule has 0 saturated carbocycles. The first-order valence-corrected chi connectivity index (χ1v) is 10.6. The smallest absolute Gasteiger partial charge is 0.293 e. The molecular formula is C24H24N6O2. The number of hydrogen-bond acceptors (Lipinski definition) is 5. The van der Waals surface area contributed by atoms with Gasteiger partial charge in [-0.25, -0.2) is 9.80 Å². The zero-order valence-corrected chi connectivity index (χ0v) is 18.3. The van der Waals surface area contributed by atoms with Gasteiger partial charge in [0.15, 0.2) is 11.2 Å². The second-order valence-electron chi connectivity index (χ2n) is 7.98. The number of benzene rings is 2. The Morgan fingerprint density at radius 1 is 0.906 bits per heavy atom. The van der Waals surface area contributed by atoms with Gasteiger partial charge < -0.3 is 0 Å². The first-order chi connectivity index (χ1) is 15.5. The van der Waals surface area contributed by atoms with E-state index in [0.717, 1.165) is 27.8 Å². The van der Waals surface area contributed by atoms with Crippen LogP contribution in [-0.4, -0.2) is 24.4 Å². The van der Waals surface area contributed by atoms with Crippen LogP contribution in [0.15, 0.2) is 75.4 Å². The van der Waals surface area contributed by atoms with Crippen molar-refractivity contribution in [2.75, 3.05) is 5.01 Å². The topological polar surface area (TPSA) is 77.4 Å². The molecule has 162 valence electrons. The normalized spacial score (nSPS) is 15.7. The SMILES string of the molecule is CC[C@H]1C(c2ccccc2)=NN(Cc2ccccc2)c2nc3c(c(=O)n(C)c(=O)n3C)n21. The van der Waals surface area contributed by atoms with E-state index in [0.29, 0.717) is 23.7 Å². The lowest BCUT2D eigenvalue weighted by atomic mass is 10.00. The standard InChI is InChI=1S/C24H24N6O2/c1-4-18-19(17-13-9-6-10-14-17)26-29(15-16-11-7-5-8-12-16)23-25-21-20(30(18)23)22(31)28(3)24(32)27(21)2/h5-14,18H,4,15H2,1-3H3/t18-/m0/s1. The number of rotatable bonds is 4. The first kappa shape index (κ1) is 20.0. The van der Waals surface area contributed by atoms with Gasteiger partial charge in [0.1, 0.15) is 0 Å². The molecule has 5 rings (SSSR count). The van der Waals surface area contributed by atoms with Crippen LogP contribution in [0.2, 0.25) is 0 Å². The van der Waals surface area contributed by atoms with Gasteiger partial charge in [-0.05, 0) is 17.5 Å². The molecular weight excluding hydrogens is 404 g/mol. The highest BCUT2D eigenvalue weighted by atomic mass is 16.2. The molecule has 0 bridgehead atoms. The van der Waals surface area contributed by atoms with Crippen molar-refractivity contribution in [1.82, 2.24) is 18.7 Å². The van der Waals surface area contributed by atoms with E-state index in [2.05, 4.69) is 6.92 Å². The highest BCUT2D eigenvalue weighted by Gasteiger charge is 2.33. The third-order valence-electron chi connectivity index (χ3n) is 5.99. The molecule has 4 aromatic rings. The summed E-state index contributed by atoms with van der Waals surface area (Å²) in [6.07, 6.45) is 0.720. The number of hydrazone groups is 1. The van der Waals surface area contributed by atoms with Crippen molar-refractivity contribution in [3.8, 4) is 0 Å². The molecule has 0 amide bonds. The molecule has 0 fully saturated rings. The number of hydrogen-bond donors (Lipinski definition) is 0. The fraction of sp³-hybridized carbons (Fsp3) is 0.250. The van der Waals surface area contributed by atoms with E-state index in [1.54, 1.807) is 7.05 Å². The van der Waals surface area contributed by atoms with Crippen LogP contribution >= 0.6 is 0 Å². The molecule has 1 aliphatic heterocycles. The Kier molecular flexibility index (Phi) is 4.77. The van der Waals surface area contributed by atoms with Gasteiger partial charge in [0.25, 0.3) is 5.56 Å². The van der Waals surface area contributed by atoms with E-state index in [1.807, 2.05) is 70.2 Å². The van der Waals surface area contributed by atoms with E-state index in [-0.39, 0.29) is 11.6 Å². The van der Waals surface area contributed by atoms with Crippen LogP contribution in [0.4, 0.5) is 5.95 Å². The lowest BCUT2D eigenvalue weighted by molar-refractivity contribution is 0.585. The molecule has 1 atom stereocenters. The van der Waals surface area contributed by atoms with Gasteiger partial charge in [0, 0.05) is 14.1 Å². The Labute approximate surface area is 184 Å². The van der Waals surface area contributed by atoms with E-state index in [9.17, 15) is 9.59 Å². The van der Waals surface area contributed by atoms with Crippen LogP contribution in [0, 0.1) is 0 Å². The predicted octanol–water partition coefficient (Wildman–Crippen LogP) is 2.81. The Morgan fingerprint density at radius 2 is 1.56 bits per heavy atom. The summed E-state index contributed by atoms with van der Waals surface area (Å²) >= 11 is 0. The zero-order valence-electron chi connectivity index (χ0n) is 18.3. The van der Waals surface area contributed by atoms with Crippen molar-refractivity contribution < 1.29 is 0 Å². The number of aryl methyl sites for hydroxylation is 1. The Hall–Kier alpha value is -3.94. The van der Waals surface area contributed by atoms with E-state index < -0.39 is 5.69 Å². The van der Waals surface area contributed by atoms with Crippen LogP contribution in [0.1, 0.15) is 30.5 Å². The van der Waals surface area contributed by atoms with Crippen LogP contribution in [-0.2, 0) is 20.6 Å². The summed E-state index contributed by atoms with van der Waals surface area (Å²) in [7, 11) is 3.15. The molecule has 8 nitrogen and oxygen atoms in total. The summed E-state index contributed by atoms with van der Waals surface area (Å²) < 4.78 is 4.52. The largest absolute Gasteiger partial charge is 0.332 e. The van der Waals surface area contributed by atoms with Crippen molar-refractivity contribution in [1.29, 1.82) is 0 Å². The monoisotopic (exact) mass is 428 g/mol. The van der Waals surface area contributed by atoms with Crippen LogP contribution in [0.25, 0.3) is 11.2 Å². The molecule has 2 aromatic heterocycles. The Balaban J connectivity index is 1.81. The van der Waals surface area contributed by atoms with Gasteiger partial charge in [-0.1, -0.05) is 67.6 Å². The van der Waals surface area contributed by atoms with Gasteiger partial charge in [0.05, 0.1) is 18.3 Å². The third kappa shape index (κ3) is 2.98. The minimum Gasteiger partial charge on any atom is -0.293 e. The van der Waals surface area contributed by atoms with Crippen molar-refractivity contribution in [2.24, 2.45) is 19.2 Å². The second-order valence-corrected chi connectivity index (χ2v) is 7.98. The third-order valence-corrected chi connectivity index (χ3v) is 5.99. The van der Waals surface area contributed by atoms with Gasteiger partial charge in [-0.15, -0.1) is 0 Å². The summed E-state index contributed by atoms with van der Waals surface area (Å²) in [5.41, 5.74) is 2.96. The van der Waals surface area contributed by atoms with Crippen molar-refractivity contribution in [3.05, 3.63) is 92.6 Å². The first-order valence-electron chi connectivity index (χ1n) is 10.6. The van der Waals surface area contributed by atoms with Crippen molar-refractivity contribution in [3.63, 3.8) is 0 Å². The second kappa shape index (κ2) is 7.64. The summed E-state index contributed by atoms with van der Waals surface area (Å²) in [5, 5.41) is 6.84. The Bertz CT molecular complexity index is 1450. The van der Waals surface area contributed by atoms with Crippen molar-refractivity contribution in [2.45, 2.75) is 25.9 Å². The minimum absolute atomic E-state index is 0.186. The van der Waals surface area contributed by atoms with Crippen LogP contribution < -0.4 is 16.3 Å². The molecule has 2 aromatic carbocycles. The number of aromatic nitrogens is 4. The molecule has 0 N–H and O–H groups in total. The maximum Gasteiger partial charge on any atom is 0.332 e. The van der Waals surface area contributed by atoms with E-state index in [1.165, 1.54) is 11.6 Å². The molecule has 0 spiro atoms. The number of imidazole rings is 1. The summed E-state index contributed by atoms with van der Waals surface area (Å²) in [5.74, 6) is 0.564. The fourth-order valence-corrected chi connectivity index (χ4v) is 4.34. The molecule has 1 aliphatic rings. The number of fused-ring (bicyclic) bond motifs is 3. The molecule has 0 saturated heterocycles. The van der Waals surface area contributed by atoms with E-state index >= 15 is 0 Å². The van der Waals surface area contributed by atoms with Gasteiger partial charge in [-0.2, -0.15) is 10.1 Å². The summed E-state index contributed by atoms with van der Waals surface area (Å²) in [6.45, 7) is 2.56. The van der Waals surface area contributed by atoms with Gasteiger partial charge in [-0.3, -0.25) is 18.5 Å². The average molecular weight is 428 g/mol. The minimum atomic E-state index is -0.398. The molecule has 0 radical (unpaired) electrons. The highest BCUT2D eigenvalue weighted by molar-refractivity contribution is 6.05. The molecule has 0 aliphatic carbocycles.